The van der Waals surface area contributed by atoms with Crippen molar-refractivity contribution in [1.82, 2.24) is 24.8 Å². The average molecular weight is 347 g/mol. The topological polar surface area (TPSA) is 54.3 Å². The van der Waals surface area contributed by atoms with Crippen molar-refractivity contribution >= 4 is 17.2 Å². The second-order valence-corrected chi connectivity index (χ2v) is 7.20. The Morgan fingerprint density at radius 1 is 1.42 bits per heavy atom. The van der Waals surface area contributed by atoms with Crippen LogP contribution in [0.4, 0.5) is 0 Å². The number of amides is 1. The van der Waals surface area contributed by atoms with Crippen LogP contribution in [0.25, 0.3) is 0 Å². The Labute approximate surface area is 147 Å². The molecule has 3 rings (SSSR count). The van der Waals surface area contributed by atoms with Crippen LogP contribution in [0.5, 0.6) is 0 Å². The fraction of sp³-hybridized carbons (Fsp3) is 0.588. The molecule has 1 atom stereocenters. The van der Waals surface area contributed by atoms with Gasteiger partial charge in [-0.2, -0.15) is 0 Å². The van der Waals surface area contributed by atoms with Crippen LogP contribution in [0, 0.1) is 0 Å². The molecule has 24 heavy (non-hydrogen) atoms. The lowest BCUT2D eigenvalue weighted by Gasteiger charge is -2.32. The molecule has 0 aromatic carbocycles. The van der Waals surface area contributed by atoms with Gasteiger partial charge in [0.1, 0.15) is 0 Å². The molecule has 0 bridgehead atoms. The average Bonchev–Trinajstić information content (AvgIpc) is 3.28. The van der Waals surface area contributed by atoms with Crippen LogP contribution in [0.15, 0.2) is 23.7 Å². The molecular formula is C17H25N5OS. The molecule has 1 saturated heterocycles. The zero-order valence-corrected chi connectivity index (χ0v) is 15.2. The van der Waals surface area contributed by atoms with Crippen molar-refractivity contribution in [3.63, 3.8) is 0 Å². The van der Waals surface area contributed by atoms with Crippen LogP contribution in [0.3, 0.4) is 0 Å². The van der Waals surface area contributed by atoms with Gasteiger partial charge in [0.2, 0.25) is 0 Å². The lowest BCUT2D eigenvalue weighted by atomic mass is 10.1. The van der Waals surface area contributed by atoms with Gasteiger partial charge in [-0.05, 0) is 44.7 Å². The summed E-state index contributed by atoms with van der Waals surface area (Å²) in [6.07, 6.45) is 4.05. The summed E-state index contributed by atoms with van der Waals surface area (Å²) in [6, 6.07) is 4.58. The molecule has 130 valence electrons. The molecule has 7 heteroatoms. The number of piperidine rings is 1. The summed E-state index contributed by atoms with van der Waals surface area (Å²) >= 11 is 1.80. The third-order valence-electron chi connectivity index (χ3n) is 4.59. The maximum absolute atomic E-state index is 12.4. The van der Waals surface area contributed by atoms with Crippen LogP contribution in [0.1, 0.15) is 48.1 Å². The van der Waals surface area contributed by atoms with E-state index < -0.39 is 0 Å². The monoisotopic (exact) mass is 347 g/mol. The highest BCUT2D eigenvalue weighted by Crippen LogP contribution is 2.23. The standard InChI is InChI=1S/C17H25N5OS/c1-3-21(4-2)17(23)16-13-22(19-18-16)14-7-5-9-20(11-14)12-15-8-6-10-24-15/h6,8,10,13-14H,3-5,7,9,11-12H2,1-2H3/t14-/m0/s1. The van der Waals surface area contributed by atoms with Crippen LogP contribution in [-0.2, 0) is 6.54 Å². The summed E-state index contributed by atoms with van der Waals surface area (Å²) in [5.41, 5.74) is 0.453. The fourth-order valence-electron chi connectivity index (χ4n) is 3.24. The zero-order chi connectivity index (χ0) is 16.9. The third-order valence-corrected chi connectivity index (χ3v) is 5.46. The predicted octanol–water partition coefficient (Wildman–Crippen LogP) is 2.66. The molecule has 1 fully saturated rings. The summed E-state index contributed by atoms with van der Waals surface area (Å²) in [5.74, 6) is -0.0301. The second kappa shape index (κ2) is 7.90. The number of carbonyl (C=O) groups excluding carboxylic acids is 1. The number of aromatic nitrogens is 3. The SMILES string of the molecule is CCN(CC)C(=O)c1cn([C@H]2CCCN(Cc3cccs3)C2)nn1. The van der Waals surface area contributed by atoms with Gasteiger partial charge < -0.3 is 4.90 Å². The molecule has 0 aliphatic carbocycles. The highest BCUT2D eigenvalue weighted by atomic mass is 32.1. The molecule has 2 aromatic rings. The lowest BCUT2D eigenvalue weighted by molar-refractivity contribution is 0.0767. The van der Waals surface area contributed by atoms with Crippen LogP contribution in [-0.4, -0.2) is 56.9 Å². The van der Waals surface area contributed by atoms with Crippen molar-refractivity contribution in [2.75, 3.05) is 26.2 Å². The van der Waals surface area contributed by atoms with Crippen molar-refractivity contribution < 1.29 is 4.79 Å². The number of rotatable bonds is 6. The first-order chi connectivity index (χ1) is 11.7. The first kappa shape index (κ1) is 17.1. The highest BCUT2D eigenvalue weighted by Gasteiger charge is 2.24. The summed E-state index contributed by atoms with van der Waals surface area (Å²) < 4.78 is 1.89. The molecule has 2 aromatic heterocycles. The number of hydrogen-bond donors (Lipinski definition) is 0. The maximum atomic E-state index is 12.4. The predicted molar refractivity (Wildman–Crippen MR) is 95.1 cm³/mol. The van der Waals surface area contributed by atoms with Crippen LogP contribution >= 0.6 is 11.3 Å². The Balaban J connectivity index is 1.65. The van der Waals surface area contributed by atoms with E-state index in [4.69, 9.17) is 0 Å². The van der Waals surface area contributed by atoms with Gasteiger partial charge in [-0.1, -0.05) is 11.3 Å². The quantitative estimate of drug-likeness (QED) is 0.806. The number of hydrogen-bond acceptors (Lipinski definition) is 5. The molecule has 6 nitrogen and oxygen atoms in total. The minimum atomic E-state index is -0.0301. The Kier molecular flexibility index (Phi) is 5.63. The summed E-state index contributed by atoms with van der Waals surface area (Å²) in [7, 11) is 0. The van der Waals surface area contributed by atoms with Gasteiger partial charge in [0.15, 0.2) is 5.69 Å². The van der Waals surface area contributed by atoms with Gasteiger partial charge in [-0.3, -0.25) is 9.69 Å². The van der Waals surface area contributed by atoms with Gasteiger partial charge in [-0.25, -0.2) is 4.68 Å². The molecule has 1 aliphatic heterocycles. The van der Waals surface area contributed by atoms with E-state index in [1.54, 1.807) is 16.2 Å². The van der Waals surface area contributed by atoms with E-state index in [0.717, 1.165) is 32.5 Å². The van der Waals surface area contributed by atoms with E-state index in [2.05, 4.69) is 32.7 Å². The number of likely N-dealkylation sites (tertiary alicyclic amines) is 1. The largest absolute Gasteiger partial charge is 0.338 e. The smallest absolute Gasteiger partial charge is 0.276 e. The fourth-order valence-corrected chi connectivity index (χ4v) is 3.99. The Morgan fingerprint density at radius 2 is 2.25 bits per heavy atom. The minimum absolute atomic E-state index is 0.0301. The number of nitrogens with zero attached hydrogens (tertiary/aromatic N) is 5. The first-order valence-corrected chi connectivity index (χ1v) is 9.55. The lowest BCUT2D eigenvalue weighted by Crippen LogP contribution is -2.36. The van der Waals surface area contributed by atoms with Gasteiger partial charge in [-0.15, -0.1) is 16.4 Å². The van der Waals surface area contributed by atoms with E-state index in [1.165, 1.54) is 4.88 Å². The van der Waals surface area contributed by atoms with E-state index in [-0.39, 0.29) is 5.91 Å². The summed E-state index contributed by atoms with van der Waals surface area (Å²) in [4.78, 5) is 18.0. The van der Waals surface area contributed by atoms with Crippen LogP contribution < -0.4 is 0 Å². The van der Waals surface area contributed by atoms with Crippen molar-refractivity contribution in [2.45, 2.75) is 39.3 Å². The van der Waals surface area contributed by atoms with E-state index >= 15 is 0 Å². The van der Waals surface area contributed by atoms with Crippen molar-refractivity contribution in [3.8, 4) is 0 Å². The Hall–Kier alpha value is -1.73. The molecule has 0 radical (unpaired) electrons. The van der Waals surface area contributed by atoms with E-state index in [9.17, 15) is 4.79 Å². The van der Waals surface area contributed by atoms with E-state index in [1.807, 2.05) is 24.7 Å². The molecule has 1 aliphatic rings. The first-order valence-electron chi connectivity index (χ1n) is 8.67. The molecule has 0 spiro atoms. The second-order valence-electron chi connectivity index (χ2n) is 6.17. The molecule has 0 N–H and O–H groups in total. The molecular weight excluding hydrogens is 322 g/mol. The van der Waals surface area contributed by atoms with Gasteiger partial charge >= 0.3 is 0 Å². The number of carbonyl (C=O) groups is 1. The van der Waals surface area contributed by atoms with E-state index in [0.29, 0.717) is 24.8 Å². The number of thiophene rings is 1. The van der Waals surface area contributed by atoms with Crippen molar-refractivity contribution in [3.05, 3.63) is 34.3 Å². The molecule has 0 saturated carbocycles. The molecule has 0 unspecified atom stereocenters. The third kappa shape index (κ3) is 3.84. The zero-order valence-electron chi connectivity index (χ0n) is 14.4. The van der Waals surface area contributed by atoms with Gasteiger partial charge in [0.05, 0.1) is 12.2 Å². The Bertz CT molecular complexity index is 650. The molecule has 3 heterocycles. The van der Waals surface area contributed by atoms with Crippen LogP contribution in [0.2, 0.25) is 0 Å². The van der Waals surface area contributed by atoms with Gasteiger partial charge in [0.25, 0.3) is 5.91 Å². The van der Waals surface area contributed by atoms with Gasteiger partial charge in [0, 0.05) is 31.1 Å². The maximum Gasteiger partial charge on any atom is 0.276 e. The minimum Gasteiger partial charge on any atom is -0.338 e. The molecule has 1 amide bonds. The highest BCUT2D eigenvalue weighted by molar-refractivity contribution is 7.09. The Morgan fingerprint density at radius 3 is 2.96 bits per heavy atom. The van der Waals surface area contributed by atoms with Crippen molar-refractivity contribution in [2.24, 2.45) is 0 Å². The van der Waals surface area contributed by atoms with Crippen molar-refractivity contribution in [1.29, 1.82) is 0 Å². The normalized spacial score (nSPS) is 18.7. The summed E-state index contributed by atoms with van der Waals surface area (Å²) in [5, 5.41) is 10.5. The summed E-state index contributed by atoms with van der Waals surface area (Å²) in [6.45, 7) is 8.42.